The Labute approximate surface area is 147 Å². The molecule has 0 unspecified atom stereocenters. The van der Waals surface area contributed by atoms with Crippen LogP contribution in [-0.4, -0.2) is 24.5 Å². The third kappa shape index (κ3) is 4.90. The molecule has 0 aliphatic carbocycles. The highest BCUT2D eigenvalue weighted by Crippen LogP contribution is 2.17. The molecule has 2 N–H and O–H groups in total. The molecule has 0 radical (unpaired) electrons. The van der Waals surface area contributed by atoms with Crippen molar-refractivity contribution in [3.63, 3.8) is 0 Å². The lowest BCUT2D eigenvalue weighted by Crippen LogP contribution is -2.26. The summed E-state index contributed by atoms with van der Waals surface area (Å²) in [6.45, 7) is 2.66. The van der Waals surface area contributed by atoms with Gasteiger partial charge < -0.3 is 15.4 Å². The van der Waals surface area contributed by atoms with Crippen molar-refractivity contribution < 1.29 is 14.3 Å². The molecule has 1 aliphatic rings. The van der Waals surface area contributed by atoms with E-state index in [9.17, 15) is 9.59 Å². The summed E-state index contributed by atoms with van der Waals surface area (Å²) in [6, 6.07) is 15.0. The van der Waals surface area contributed by atoms with Gasteiger partial charge in [0.05, 0.1) is 6.42 Å². The number of carbonyl (C=O) groups excluding carboxylic acids is 2. The van der Waals surface area contributed by atoms with Gasteiger partial charge in [-0.05, 0) is 49.6 Å². The standard InChI is InChI=1S/C20H22N2O3/c1-14-4-6-15(7-5-14)13-19(23)21-16-8-10-17(11-9-16)22-20(24)18-3-2-12-25-18/h4-11,18H,2-3,12-13H2,1H3,(H,21,23)(H,22,24)/t18-/m0/s1. The van der Waals surface area contributed by atoms with Gasteiger partial charge in [-0.3, -0.25) is 9.59 Å². The summed E-state index contributed by atoms with van der Waals surface area (Å²) >= 11 is 0. The summed E-state index contributed by atoms with van der Waals surface area (Å²) in [5, 5.41) is 5.70. The Hall–Kier alpha value is -2.66. The van der Waals surface area contributed by atoms with E-state index >= 15 is 0 Å². The van der Waals surface area contributed by atoms with Crippen molar-refractivity contribution in [1.82, 2.24) is 0 Å². The number of hydrogen-bond acceptors (Lipinski definition) is 3. The average Bonchev–Trinajstić information content (AvgIpc) is 3.13. The van der Waals surface area contributed by atoms with Crippen LogP contribution in [0.1, 0.15) is 24.0 Å². The molecule has 1 atom stereocenters. The summed E-state index contributed by atoms with van der Waals surface area (Å²) in [4.78, 5) is 24.1. The maximum absolute atomic E-state index is 12.1. The lowest BCUT2D eigenvalue weighted by atomic mass is 10.1. The second kappa shape index (κ2) is 7.94. The van der Waals surface area contributed by atoms with Gasteiger partial charge in [-0.25, -0.2) is 0 Å². The Morgan fingerprint density at radius 1 is 1.00 bits per heavy atom. The van der Waals surface area contributed by atoms with Crippen LogP contribution in [0.15, 0.2) is 48.5 Å². The minimum absolute atomic E-state index is 0.0694. The summed E-state index contributed by atoms with van der Waals surface area (Å²) in [5.41, 5.74) is 3.54. The predicted molar refractivity (Wildman–Crippen MR) is 97.6 cm³/mol. The zero-order valence-corrected chi connectivity index (χ0v) is 14.2. The highest BCUT2D eigenvalue weighted by molar-refractivity contribution is 5.95. The molecule has 1 saturated heterocycles. The molecule has 2 aromatic carbocycles. The summed E-state index contributed by atoms with van der Waals surface area (Å²) in [6.07, 6.45) is 1.66. The second-order valence-electron chi connectivity index (χ2n) is 6.28. The highest BCUT2D eigenvalue weighted by atomic mass is 16.5. The first-order valence-electron chi connectivity index (χ1n) is 8.48. The van der Waals surface area contributed by atoms with Crippen LogP contribution in [0.25, 0.3) is 0 Å². The Balaban J connectivity index is 1.52. The Kier molecular flexibility index (Phi) is 5.46. The van der Waals surface area contributed by atoms with Crippen LogP contribution in [0, 0.1) is 6.92 Å². The molecule has 1 aliphatic heterocycles. The molecule has 5 heteroatoms. The van der Waals surface area contributed by atoms with Gasteiger partial charge in [0.1, 0.15) is 6.10 Å². The molecule has 25 heavy (non-hydrogen) atoms. The third-order valence-corrected chi connectivity index (χ3v) is 4.14. The number of benzene rings is 2. The summed E-state index contributed by atoms with van der Waals surface area (Å²) in [5.74, 6) is -0.186. The van der Waals surface area contributed by atoms with Gasteiger partial charge in [0.15, 0.2) is 0 Å². The molecule has 3 rings (SSSR count). The van der Waals surface area contributed by atoms with E-state index in [0.717, 1.165) is 18.4 Å². The van der Waals surface area contributed by atoms with E-state index in [-0.39, 0.29) is 17.9 Å². The number of aryl methyl sites for hydroxylation is 1. The lowest BCUT2D eigenvalue weighted by Gasteiger charge is -2.11. The van der Waals surface area contributed by atoms with Gasteiger partial charge >= 0.3 is 0 Å². The van der Waals surface area contributed by atoms with Crippen LogP contribution in [0.3, 0.4) is 0 Å². The smallest absolute Gasteiger partial charge is 0.253 e. The van der Waals surface area contributed by atoms with Crippen molar-refractivity contribution in [2.75, 3.05) is 17.2 Å². The van der Waals surface area contributed by atoms with Crippen molar-refractivity contribution in [2.24, 2.45) is 0 Å². The van der Waals surface area contributed by atoms with Gasteiger partial charge in [-0.2, -0.15) is 0 Å². The SMILES string of the molecule is Cc1ccc(CC(=O)Nc2ccc(NC(=O)[C@@H]3CCCO3)cc2)cc1. The fourth-order valence-corrected chi connectivity index (χ4v) is 2.74. The predicted octanol–water partition coefficient (Wildman–Crippen LogP) is 3.29. The minimum Gasteiger partial charge on any atom is -0.368 e. The molecule has 0 spiro atoms. The number of amides is 2. The Morgan fingerprint density at radius 2 is 1.64 bits per heavy atom. The summed E-state index contributed by atoms with van der Waals surface area (Å²) < 4.78 is 5.36. The van der Waals surface area contributed by atoms with Gasteiger partial charge in [0, 0.05) is 18.0 Å². The van der Waals surface area contributed by atoms with E-state index in [1.807, 2.05) is 31.2 Å². The van der Waals surface area contributed by atoms with Crippen molar-refractivity contribution in [3.05, 3.63) is 59.7 Å². The lowest BCUT2D eigenvalue weighted by molar-refractivity contribution is -0.124. The zero-order valence-electron chi connectivity index (χ0n) is 14.2. The molecule has 0 bridgehead atoms. The number of nitrogens with one attached hydrogen (secondary N) is 2. The van der Waals surface area contributed by atoms with E-state index in [1.54, 1.807) is 24.3 Å². The zero-order chi connectivity index (χ0) is 17.6. The second-order valence-corrected chi connectivity index (χ2v) is 6.28. The van der Waals surface area contributed by atoms with Crippen molar-refractivity contribution in [3.8, 4) is 0 Å². The van der Waals surface area contributed by atoms with Gasteiger partial charge in [-0.15, -0.1) is 0 Å². The third-order valence-electron chi connectivity index (χ3n) is 4.14. The monoisotopic (exact) mass is 338 g/mol. The topological polar surface area (TPSA) is 67.4 Å². The van der Waals surface area contributed by atoms with E-state index in [4.69, 9.17) is 4.74 Å². The van der Waals surface area contributed by atoms with Crippen LogP contribution < -0.4 is 10.6 Å². The Morgan fingerprint density at radius 3 is 2.24 bits per heavy atom. The fourth-order valence-electron chi connectivity index (χ4n) is 2.74. The molecule has 2 aromatic rings. The first-order valence-corrected chi connectivity index (χ1v) is 8.48. The van der Waals surface area contributed by atoms with Crippen molar-refractivity contribution in [2.45, 2.75) is 32.3 Å². The van der Waals surface area contributed by atoms with E-state index in [1.165, 1.54) is 5.56 Å². The molecular weight excluding hydrogens is 316 g/mol. The molecule has 1 heterocycles. The van der Waals surface area contributed by atoms with Crippen LogP contribution in [0.5, 0.6) is 0 Å². The molecule has 2 amide bonds. The first kappa shape index (κ1) is 17.2. The average molecular weight is 338 g/mol. The maximum Gasteiger partial charge on any atom is 0.253 e. The van der Waals surface area contributed by atoms with Crippen LogP contribution >= 0.6 is 0 Å². The molecule has 5 nitrogen and oxygen atoms in total. The molecule has 0 saturated carbocycles. The molecule has 1 fully saturated rings. The quantitative estimate of drug-likeness (QED) is 0.879. The van der Waals surface area contributed by atoms with Gasteiger partial charge in [-0.1, -0.05) is 29.8 Å². The first-order chi connectivity index (χ1) is 12.1. The molecule has 0 aromatic heterocycles. The molecular formula is C20H22N2O3. The highest BCUT2D eigenvalue weighted by Gasteiger charge is 2.23. The Bertz CT molecular complexity index is 733. The van der Waals surface area contributed by atoms with E-state index in [2.05, 4.69) is 10.6 Å². The number of rotatable bonds is 5. The van der Waals surface area contributed by atoms with Crippen LogP contribution in [0.2, 0.25) is 0 Å². The van der Waals surface area contributed by atoms with Crippen LogP contribution in [-0.2, 0) is 20.7 Å². The minimum atomic E-state index is -0.353. The van der Waals surface area contributed by atoms with Crippen LogP contribution in [0.4, 0.5) is 11.4 Å². The summed E-state index contributed by atoms with van der Waals surface area (Å²) in [7, 11) is 0. The maximum atomic E-state index is 12.1. The molecule has 130 valence electrons. The van der Waals surface area contributed by atoms with Crippen molar-refractivity contribution >= 4 is 23.2 Å². The number of hydrogen-bond donors (Lipinski definition) is 2. The number of anilines is 2. The van der Waals surface area contributed by atoms with E-state index in [0.29, 0.717) is 24.4 Å². The van der Waals surface area contributed by atoms with Crippen molar-refractivity contribution in [1.29, 1.82) is 0 Å². The largest absolute Gasteiger partial charge is 0.368 e. The fraction of sp³-hybridized carbons (Fsp3) is 0.300. The van der Waals surface area contributed by atoms with Gasteiger partial charge in [0.25, 0.3) is 5.91 Å². The normalized spacial score (nSPS) is 16.4. The number of carbonyl (C=O) groups is 2. The number of ether oxygens (including phenoxy) is 1. The van der Waals surface area contributed by atoms with E-state index < -0.39 is 0 Å². The van der Waals surface area contributed by atoms with Gasteiger partial charge in [0.2, 0.25) is 5.91 Å².